The van der Waals surface area contributed by atoms with Gasteiger partial charge in [-0.1, -0.05) is 6.07 Å². The molecule has 0 saturated carbocycles. The number of aliphatic hydroxyl groups excluding tert-OH is 1. The minimum Gasteiger partial charge on any atom is -0.392 e. The predicted octanol–water partition coefficient (Wildman–Crippen LogP) is 0.407. The fraction of sp³-hybridized carbons (Fsp3) is 0.455. The summed E-state index contributed by atoms with van der Waals surface area (Å²) < 4.78 is 49.9. The van der Waals surface area contributed by atoms with Gasteiger partial charge in [0.2, 0.25) is 10.0 Å². The number of aliphatic hydroxyl groups is 1. The lowest BCUT2D eigenvalue weighted by Crippen LogP contribution is -2.35. The summed E-state index contributed by atoms with van der Waals surface area (Å²) >= 11 is 3.15. The van der Waals surface area contributed by atoms with Gasteiger partial charge in [-0.2, -0.15) is 0 Å². The third-order valence-electron chi connectivity index (χ3n) is 3.02. The third-order valence-corrected chi connectivity index (χ3v) is 7.29. The van der Waals surface area contributed by atoms with E-state index in [0.717, 1.165) is 0 Å². The molecule has 6 nitrogen and oxygen atoms in total. The highest BCUT2D eigenvalue weighted by molar-refractivity contribution is 9.10. The minimum absolute atomic E-state index is 0.00477. The van der Waals surface area contributed by atoms with Crippen molar-refractivity contribution >= 4 is 35.8 Å². The van der Waals surface area contributed by atoms with Crippen molar-refractivity contribution in [3.8, 4) is 0 Å². The highest BCUT2D eigenvalue weighted by atomic mass is 79.9. The fourth-order valence-electron chi connectivity index (χ4n) is 2.03. The van der Waals surface area contributed by atoms with Gasteiger partial charge in [0.05, 0.1) is 23.0 Å². The number of nitrogens with one attached hydrogen (secondary N) is 1. The molecule has 1 atom stereocenters. The molecule has 0 aliphatic carbocycles. The molecule has 20 heavy (non-hydrogen) atoms. The maximum Gasteiger partial charge on any atom is 0.241 e. The van der Waals surface area contributed by atoms with Crippen LogP contribution in [0.1, 0.15) is 12.0 Å². The number of benzene rings is 1. The molecule has 2 N–H and O–H groups in total. The van der Waals surface area contributed by atoms with Crippen LogP contribution in [0.5, 0.6) is 0 Å². The summed E-state index contributed by atoms with van der Waals surface area (Å²) in [6.45, 7) is -0.187. The van der Waals surface area contributed by atoms with Gasteiger partial charge in [0.25, 0.3) is 0 Å². The molecule has 112 valence electrons. The van der Waals surface area contributed by atoms with Crippen LogP contribution in [0.25, 0.3) is 0 Å². The summed E-state index contributed by atoms with van der Waals surface area (Å²) in [6, 6.07) is 3.81. The third kappa shape index (κ3) is 3.59. The van der Waals surface area contributed by atoms with Crippen LogP contribution in [0.3, 0.4) is 0 Å². The van der Waals surface area contributed by atoms with Gasteiger partial charge in [0, 0.05) is 10.5 Å². The lowest BCUT2D eigenvalue weighted by atomic mass is 10.2. The molecule has 1 aromatic carbocycles. The number of hydrogen-bond acceptors (Lipinski definition) is 5. The van der Waals surface area contributed by atoms with E-state index in [9.17, 15) is 16.8 Å². The first-order valence-electron chi connectivity index (χ1n) is 5.85. The maximum atomic E-state index is 12.2. The summed E-state index contributed by atoms with van der Waals surface area (Å²) in [5.74, 6) is -0.163. The van der Waals surface area contributed by atoms with Crippen molar-refractivity contribution in [2.24, 2.45) is 0 Å². The summed E-state index contributed by atoms with van der Waals surface area (Å²) in [6.07, 6.45) is 0.286. The number of sulfone groups is 1. The van der Waals surface area contributed by atoms with E-state index < -0.39 is 25.9 Å². The van der Waals surface area contributed by atoms with Crippen molar-refractivity contribution in [3.05, 3.63) is 28.2 Å². The Bertz CT molecular complexity index is 714. The van der Waals surface area contributed by atoms with Gasteiger partial charge in [-0.05, 0) is 40.0 Å². The Balaban J connectivity index is 2.23. The van der Waals surface area contributed by atoms with E-state index in [1.165, 1.54) is 18.2 Å². The number of halogens is 1. The Labute approximate surface area is 126 Å². The second-order valence-corrected chi connectivity index (χ2v) is 9.41. The molecule has 1 saturated heterocycles. The number of hydrogen-bond donors (Lipinski definition) is 2. The van der Waals surface area contributed by atoms with E-state index in [4.69, 9.17) is 5.11 Å². The Kier molecular flexibility index (Phi) is 4.55. The Hall–Kier alpha value is -0.480. The zero-order valence-electron chi connectivity index (χ0n) is 10.4. The van der Waals surface area contributed by atoms with Crippen LogP contribution in [-0.2, 0) is 26.5 Å². The van der Waals surface area contributed by atoms with Crippen LogP contribution in [0.15, 0.2) is 27.6 Å². The second-order valence-electron chi connectivity index (χ2n) is 4.64. The van der Waals surface area contributed by atoms with E-state index in [1.54, 1.807) is 0 Å². The van der Waals surface area contributed by atoms with Gasteiger partial charge in [-0.15, -0.1) is 0 Å². The smallest absolute Gasteiger partial charge is 0.241 e. The first-order valence-corrected chi connectivity index (χ1v) is 9.95. The van der Waals surface area contributed by atoms with E-state index in [0.29, 0.717) is 10.0 Å². The molecule has 1 heterocycles. The van der Waals surface area contributed by atoms with E-state index in [1.807, 2.05) is 0 Å². The average molecular weight is 384 g/mol. The van der Waals surface area contributed by atoms with Crippen LogP contribution in [0.2, 0.25) is 0 Å². The highest BCUT2D eigenvalue weighted by Crippen LogP contribution is 2.24. The van der Waals surface area contributed by atoms with Gasteiger partial charge in [-0.25, -0.2) is 21.6 Å². The van der Waals surface area contributed by atoms with Gasteiger partial charge >= 0.3 is 0 Å². The summed E-state index contributed by atoms with van der Waals surface area (Å²) in [7, 11) is -6.94. The van der Waals surface area contributed by atoms with E-state index in [-0.39, 0.29) is 29.4 Å². The van der Waals surface area contributed by atoms with Crippen LogP contribution in [0.4, 0.5) is 0 Å². The molecule has 0 spiro atoms. The quantitative estimate of drug-likeness (QED) is 0.783. The molecule has 0 radical (unpaired) electrons. The molecule has 0 aromatic heterocycles. The van der Waals surface area contributed by atoms with Crippen molar-refractivity contribution in [1.82, 2.24) is 4.72 Å². The second kappa shape index (κ2) is 5.72. The zero-order valence-corrected chi connectivity index (χ0v) is 13.6. The average Bonchev–Trinajstić information content (AvgIpc) is 2.67. The zero-order chi connectivity index (χ0) is 15.0. The van der Waals surface area contributed by atoms with Crippen molar-refractivity contribution in [1.29, 1.82) is 0 Å². The van der Waals surface area contributed by atoms with Gasteiger partial charge in [0.1, 0.15) is 0 Å². The molecule has 9 heteroatoms. The molecule has 0 bridgehead atoms. The Morgan fingerprint density at radius 1 is 1.40 bits per heavy atom. The monoisotopic (exact) mass is 383 g/mol. The predicted molar refractivity (Wildman–Crippen MR) is 77.4 cm³/mol. The molecular formula is C11H14BrNO5S2. The maximum absolute atomic E-state index is 12.2. The topological polar surface area (TPSA) is 101 Å². The van der Waals surface area contributed by atoms with Crippen molar-refractivity contribution < 1.29 is 21.9 Å². The molecule has 1 fully saturated rings. The van der Waals surface area contributed by atoms with Gasteiger partial charge in [-0.3, -0.25) is 0 Å². The number of rotatable bonds is 4. The van der Waals surface area contributed by atoms with Crippen molar-refractivity contribution in [3.63, 3.8) is 0 Å². The Morgan fingerprint density at radius 3 is 2.60 bits per heavy atom. The molecule has 1 unspecified atom stereocenters. The van der Waals surface area contributed by atoms with Crippen LogP contribution in [0, 0.1) is 0 Å². The molecular weight excluding hydrogens is 370 g/mol. The minimum atomic E-state index is -3.79. The van der Waals surface area contributed by atoms with E-state index >= 15 is 0 Å². The molecule has 2 rings (SSSR count). The molecule has 1 aliphatic heterocycles. The molecule has 1 aliphatic rings. The lowest BCUT2D eigenvalue weighted by Gasteiger charge is -2.13. The molecule has 0 amide bonds. The standard InChI is InChI=1S/C11H14BrNO5S2/c12-10-5-8(6-14)1-2-11(10)20(17,18)13-9-3-4-19(15,16)7-9/h1-2,5,9,13-14H,3-4,6-7H2. The van der Waals surface area contributed by atoms with Gasteiger partial charge < -0.3 is 5.11 Å². The van der Waals surface area contributed by atoms with Crippen LogP contribution in [-0.4, -0.2) is 39.5 Å². The van der Waals surface area contributed by atoms with Gasteiger partial charge in [0.15, 0.2) is 9.84 Å². The summed E-state index contributed by atoms with van der Waals surface area (Å²) in [5.41, 5.74) is 0.583. The highest BCUT2D eigenvalue weighted by Gasteiger charge is 2.32. The summed E-state index contributed by atoms with van der Waals surface area (Å²) in [4.78, 5) is 0.0268. The van der Waals surface area contributed by atoms with Crippen LogP contribution >= 0.6 is 15.9 Å². The van der Waals surface area contributed by atoms with Crippen molar-refractivity contribution in [2.45, 2.75) is 24.0 Å². The summed E-state index contributed by atoms with van der Waals surface area (Å²) in [5, 5.41) is 8.99. The first kappa shape index (κ1) is 15.9. The largest absolute Gasteiger partial charge is 0.392 e. The van der Waals surface area contributed by atoms with E-state index in [2.05, 4.69) is 20.7 Å². The van der Waals surface area contributed by atoms with Crippen LogP contribution < -0.4 is 4.72 Å². The first-order chi connectivity index (χ1) is 9.23. The van der Waals surface area contributed by atoms with Crippen molar-refractivity contribution in [2.75, 3.05) is 11.5 Å². The lowest BCUT2D eigenvalue weighted by molar-refractivity contribution is 0.281. The normalized spacial score (nSPS) is 22.0. The number of sulfonamides is 1. The fourth-order valence-corrected chi connectivity index (χ4v) is 6.21. The SMILES string of the molecule is O=S1(=O)CCC(NS(=O)(=O)c2ccc(CO)cc2Br)C1. The molecule has 1 aromatic rings. The Morgan fingerprint density at radius 2 is 2.10 bits per heavy atom.